The Kier molecular flexibility index (Phi) is 7.78. The molecule has 0 aromatic heterocycles. The summed E-state index contributed by atoms with van der Waals surface area (Å²) in [5.74, 6) is 0.153. The van der Waals surface area contributed by atoms with Crippen molar-refractivity contribution >= 4 is 22.6 Å². The molecule has 3 aromatic carbocycles. The van der Waals surface area contributed by atoms with E-state index < -0.39 is 0 Å². The molecule has 0 fully saturated rings. The summed E-state index contributed by atoms with van der Waals surface area (Å²) in [5.41, 5.74) is 0.614. The number of carbonyl (C=O) groups excluding carboxylic acids is 2. The Morgan fingerprint density at radius 3 is 2.43 bits per heavy atom. The van der Waals surface area contributed by atoms with Crippen LogP contribution in [0.1, 0.15) is 18.4 Å². The van der Waals surface area contributed by atoms with Crippen LogP contribution in [0.25, 0.3) is 10.8 Å². The maximum atomic E-state index is 13.1. The molecule has 0 saturated heterocycles. The maximum absolute atomic E-state index is 13.1. The Morgan fingerprint density at radius 1 is 0.867 bits per heavy atom. The largest absolute Gasteiger partial charge is 0.493 e. The molecule has 3 rings (SSSR count). The van der Waals surface area contributed by atoms with Gasteiger partial charge < -0.3 is 15.4 Å². The molecule has 3 aromatic rings. The van der Waals surface area contributed by atoms with E-state index in [4.69, 9.17) is 4.74 Å². The summed E-state index contributed by atoms with van der Waals surface area (Å²) in [4.78, 5) is 23.8. The molecule has 0 spiro atoms. The number of benzene rings is 3. The van der Waals surface area contributed by atoms with E-state index in [1.165, 1.54) is 12.1 Å². The summed E-state index contributed by atoms with van der Waals surface area (Å²) in [5, 5.41) is 7.65. The van der Waals surface area contributed by atoms with Crippen molar-refractivity contribution in [3.8, 4) is 5.75 Å². The van der Waals surface area contributed by atoms with E-state index in [0.717, 1.165) is 16.5 Å². The van der Waals surface area contributed by atoms with Crippen molar-refractivity contribution < 1.29 is 18.7 Å². The van der Waals surface area contributed by atoms with E-state index in [1.807, 2.05) is 42.5 Å². The van der Waals surface area contributed by atoms with Crippen LogP contribution in [0.5, 0.6) is 5.75 Å². The summed E-state index contributed by atoms with van der Waals surface area (Å²) < 4.78 is 18.9. The van der Waals surface area contributed by atoms with Gasteiger partial charge in [-0.3, -0.25) is 9.59 Å². The van der Waals surface area contributed by atoms with Crippen LogP contribution < -0.4 is 15.4 Å². The molecule has 0 aliphatic rings. The fourth-order valence-electron chi connectivity index (χ4n) is 3.12. The number of fused-ring (bicyclic) bond motifs is 1. The number of nitrogens with one attached hydrogen (secondary N) is 2. The van der Waals surface area contributed by atoms with Crippen molar-refractivity contribution in [3.63, 3.8) is 0 Å². The Bertz CT molecular complexity index is 1000. The summed E-state index contributed by atoms with van der Waals surface area (Å²) in [6, 6.07) is 19.9. The van der Waals surface area contributed by atoms with E-state index in [1.54, 1.807) is 12.1 Å². The third kappa shape index (κ3) is 6.58. The molecule has 0 unspecified atom stereocenters. The molecule has 2 N–H and O–H groups in total. The van der Waals surface area contributed by atoms with Gasteiger partial charge in [-0.25, -0.2) is 4.39 Å². The number of carbonyl (C=O) groups is 2. The van der Waals surface area contributed by atoms with Crippen LogP contribution in [0.3, 0.4) is 0 Å². The van der Waals surface area contributed by atoms with E-state index in [9.17, 15) is 14.0 Å². The third-order valence-electron chi connectivity index (χ3n) is 4.58. The Balaban J connectivity index is 1.28. The number of halogens is 1. The van der Waals surface area contributed by atoms with Crippen LogP contribution in [0.4, 0.5) is 4.39 Å². The highest BCUT2D eigenvalue weighted by Crippen LogP contribution is 2.25. The fraction of sp³-hybridized carbons (Fsp3) is 0.250. The second kappa shape index (κ2) is 11.0. The van der Waals surface area contributed by atoms with Crippen molar-refractivity contribution in [2.75, 3.05) is 19.7 Å². The molecule has 0 radical (unpaired) electrons. The zero-order chi connectivity index (χ0) is 21.2. The van der Waals surface area contributed by atoms with Gasteiger partial charge in [-0.05, 0) is 35.6 Å². The minimum Gasteiger partial charge on any atom is -0.493 e. The van der Waals surface area contributed by atoms with Crippen LogP contribution in [0.2, 0.25) is 0 Å². The number of amides is 2. The molecule has 6 heteroatoms. The molecule has 0 atom stereocenters. The van der Waals surface area contributed by atoms with Gasteiger partial charge in [0.2, 0.25) is 11.8 Å². The highest BCUT2D eigenvalue weighted by Gasteiger charge is 2.06. The van der Waals surface area contributed by atoms with Gasteiger partial charge in [0.15, 0.2) is 0 Å². The van der Waals surface area contributed by atoms with Crippen LogP contribution >= 0.6 is 0 Å². The first-order valence-electron chi connectivity index (χ1n) is 10.0. The van der Waals surface area contributed by atoms with Crippen molar-refractivity contribution in [2.24, 2.45) is 0 Å². The smallest absolute Gasteiger partial charge is 0.224 e. The lowest BCUT2D eigenvalue weighted by Gasteiger charge is -2.10. The molecular formula is C24H25FN2O3. The van der Waals surface area contributed by atoms with Gasteiger partial charge >= 0.3 is 0 Å². The number of ether oxygens (including phenoxy) is 1. The van der Waals surface area contributed by atoms with Gasteiger partial charge in [0, 0.05) is 24.9 Å². The van der Waals surface area contributed by atoms with Gasteiger partial charge in [-0.15, -0.1) is 0 Å². The van der Waals surface area contributed by atoms with E-state index in [0.29, 0.717) is 38.1 Å². The molecule has 0 aliphatic heterocycles. The first kappa shape index (κ1) is 21.3. The minimum absolute atomic E-state index is 0.0871. The lowest BCUT2D eigenvalue weighted by Crippen LogP contribution is -2.35. The van der Waals surface area contributed by atoms with Crippen molar-refractivity contribution in [3.05, 3.63) is 78.1 Å². The van der Waals surface area contributed by atoms with E-state index in [-0.39, 0.29) is 24.1 Å². The quantitative estimate of drug-likeness (QED) is 0.504. The molecule has 0 heterocycles. The molecule has 0 bridgehead atoms. The molecule has 0 aliphatic carbocycles. The average molecular weight is 408 g/mol. The number of hydrogen-bond acceptors (Lipinski definition) is 3. The topological polar surface area (TPSA) is 67.4 Å². The van der Waals surface area contributed by atoms with Crippen molar-refractivity contribution in [1.29, 1.82) is 0 Å². The van der Waals surface area contributed by atoms with Gasteiger partial charge in [0.1, 0.15) is 11.6 Å². The lowest BCUT2D eigenvalue weighted by atomic mass is 10.1. The van der Waals surface area contributed by atoms with E-state index >= 15 is 0 Å². The van der Waals surface area contributed by atoms with Gasteiger partial charge in [-0.2, -0.15) is 0 Å². The minimum atomic E-state index is -0.364. The molecule has 156 valence electrons. The zero-order valence-corrected chi connectivity index (χ0v) is 16.7. The maximum Gasteiger partial charge on any atom is 0.224 e. The normalized spacial score (nSPS) is 10.6. The van der Waals surface area contributed by atoms with Crippen LogP contribution in [-0.2, 0) is 16.0 Å². The second-order valence-electron chi connectivity index (χ2n) is 6.94. The van der Waals surface area contributed by atoms with Crippen molar-refractivity contribution in [2.45, 2.75) is 19.3 Å². The highest BCUT2D eigenvalue weighted by atomic mass is 19.1. The van der Waals surface area contributed by atoms with Gasteiger partial charge in [-0.1, -0.05) is 48.5 Å². The molecular weight excluding hydrogens is 383 g/mol. The van der Waals surface area contributed by atoms with Crippen LogP contribution in [0.15, 0.2) is 66.7 Å². The fourth-order valence-corrected chi connectivity index (χ4v) is 3.12. The number of hydrogen-bond donors (Lipinski definition) is 2. The standard InChI is InChI=1S/C24H25FN2O3/c25-20-9-3-6-18(16-20)17-24(29)27-14-13-26-23(28)12-5-15-30-22-11-4-8-19-7-1-2-10-21(19)22/h1-4,6-11,16H,5,12-15,17H2,(H,26,28)(H,27,29). The molecule has 5 nitrogen and oxygen atoms in total. The highest BCUT2D eigenvalue weighted by molar-refractivity contribution is 5.88. The first-order valence-corrected chi connectivity index (χ1v) is 10.0. The monoisotopic (exact) mass is 408 g/mol. The summed E-state index contributed by atoms with van der Waals surface area (Å²) >= 11 is 0. The predicted octanol–water partition coefficient (Wildman–Crippen LogP) is 3.61. The SMILES string of the molecule is O=C(CCCOc1cccc2ccccc12)NCCNC(=O)Cc1cccc(F)c1. The number of rotatable bonds is 10. The van der Waals surface area contributed by atoms with Crippen molar-refractivity contribution in [1.82, 2.24) is 10.6 Å². The Hall–Kier alpha value is -3.41. The van der Waals surface area contributed by atoms with Crippen LogP contribution in [-0.4, -0.2) is 31.5 Å². The zero-order valence-electron chi connectivity index (χ0n) is 16.7. The third-order valence-corrected chi connectivity index (χ3v) is 4.58. The summed E-state index contributed by atoms with van der Waals surface area (Å²) in [7, 11) is 0. The first-order chi connectivity index (χ1) is 14.6. The molecule has 30 heavy (non-hydrogen) atoms. The average Bonchev–Trinajstić information content (AvgIpc) is 2.74. The van der Waals surface area contributed by atoms with E-state index in [2.05, 4.69) is 10.6 Å². The lowest BCUT2D eigenvalue weighted by molar-refractivity contribution is -0.122. The predicted molar refractivity (Wildman–Crippen MR) is 115 cm³/mol. The summed E-state index contributed by atoms with van der Waals surface area (Å²) in [6.07, 6.45) is 1.06. The summed E-state index contributed by atoms with van der Waals surface area (Å²) in [6.45, 7) is 1.12. The Morgan fingerprint density at radius 2 is 1.60 bits per heavy atom. The van der Waals surface area contributed by atoms with Gasteiger partial charge in [0.05, 0.1) is 13.0 Å². The van der Waals surface area contributed by atoms with Crippen LogP contribution in [0, 0.1) is 5.82 Å². The molecule has 2 amide bonds. The molecule has 0 saturated carbocycles. The second-order valence-corrected chi connectivity index (χ2v) is 6.94. The van der Waals surface area contributed by atoms with Gasteiger partial charge in [0.25, 0.3) is 0 Å². The Labute approximate surface area is 175 Å².